The first-order valence-corrected chi connectivity index (χ1v) is 11.7. The summed E-state index contributed by atoms with van der Waals surface area (Å²) in [5.74, 6) is 0.955. The molecule has 0 bridgehead atoms. The second-order valence-electron chi connectivity index (χ2n) is 8.68. The predicted molar refractivity (Wildman–Crippen MR) is 127 cm³/mol. The van der Waals surface area contributed by atoms with Crippen LogP contribution >= 0.6 is 12.2 Å². The van der Waals surface area contributed by atoms with E-state index in [0.717, 1.165) is 16.6 Å². The smallest absolute Gasteiger partial charge is 0.170 e. The van der Waals surface area contributed by atoms with Gasteiger partial charge < -0.3 is 14.8 Å². The predicted octanol–water partition coefficient (Wildman–Crippen LogP) is 5.19. The molecular formula is C25H29N5S. The lowest BCUT2D eigenvalue weighted by atomic mass is 9.90. The Bertz CT molecular complexity index is 1060. The van der Waals surface area contributed by atoms with E-state index in [0.29, 0.717) is 6.04 Å². The highest BCUT2D eigenvalue weighted by Crippen LogP contribution is 2.44. The maximum absolute atomic E-state index is 5.92. The van der Waals surface area contributed by atoms with Crippen LogP contribution in [0.4, 0.5) is 0 Å². The zero-order chi connectivity index (χ0) is 21.4. The second kappa shape index (κ2) is 8.42. The van der Waals surface area contributed by atoms with Gasteiger partial charge in [-0.3, -0.25) is 4.98 Å². The summed E-state index contributed by atoms with van der Waals surface area (Å²) in [4.78, 5) is 11.8. The Kier molecular flexibility index (Phi) is 5.48. The first-order chi connectivity index (χ1) is 15.1. The Labute approximate surface area is 189 Å². The van der Waals surface area contributed by atoms with Crippen LogP contribution in [0, 0.1) is 13.8 Å². The molecule has 5 rings (SSSR count). The van der Waals surface area contributed by atoms with E-state index in [1.807, 2.05) is 30.6 Å². The summed E-state index contributed by atoms with van der Waals surface area (Å²) >= 11 is 5.92. The van der Waals surface area contributed by atoms with Gasteiger partial charge in [-0.1, -0.05) is 31.4 Å². The van der Waals surface area contributed by atoms with Crippen molar-refractivity contribution in [3.8, 4) is 5.82 Å². The topological polar surface area (TPSA) is 46.0 Å². The number of hydrogen-bond donors (Lipinski definition) is 1. The molecule has 1 N–H and O–H groups in total. The zero-order valence-electron chi connectivity index (χ0n) is 18.2. The largest absolute Gasteiger partial charge is 0.352 e. The van der Waals surface area contributed by atoms with Crippen LogP contribution in [0.5, 0.6) is 0 Å². The number of rotatable bonds is 4. The van der Waals surface area contributed by atoms with E-state index in [9.17, 15) is 0 Å². The normalized spacial score (nSPS) is 22.0. The lowest BCUT2D eigenvalue weighted by Gasteiger charge is -2.37. The summed E-state index contributed by atoms with van der Waals surface area (Å²) < 4.78 is 2.26. The third-order valence-electron chi connectivity index (χ3n) is 6.77. The highest BCUT2D eigenvalue weighted by molar-refractivity contribution is 7.80. The molecule has 1 saturated carbocycles. The summed E-state index contributed by atoms with van der Waals surface area (Å²) in [7, 11) is 0. The number of pyridine rings is 2. The van der Waals surface area contributed by atoms with Gasteiger partial charge in [-0.05, 0) is 74.8 Å². The Balaban J connectivity index is 1.62. The van der Waals surface area contributed by atoms with Crippen LogP contribution in [0.2, 0.25) is 0 Å². The minimum Gasteiger partial charge on any atom is -0.352 e. The molecule has 3 aromatic rings. The van der Waals surface area contributed by atoms with Crippen LogP contribution in [0.1, 0.15) is 66.8 Å². The maximum Gasteiger partial charge on any atom is 0.170 e. The van der Waals surface area contributed by atoms with Crippen molar-refractivity contribution in [2.75, 3.05) is 0 Å². The molecule has 0 spiro atoms. The molecular weight excluding hydrogens is 402 g/mol. The molecule has 4 heterocycles. The fourth-order valence-corrected chi connectivity index (χ4v) is 5.77. The average Bonchev–Trinajstić information content (AvgIpc) is 3.30. The van der Waals surface area contributed by atoms with Crippen molar-refractivity contribution in [2.24, 2.45) is 0 Å². The minimum atomic E-state index is 0.0355. The van der Waals surface area contributed by atoms with Gasteiger partial charge in [-0.2, -0.15) is 0 Å². The SMILES string of the molecule is Cc1cc([C@@H]2[C@@H](c3ccccn3)NC(=S)N2C2CCCCC2)c(C)n1-c1ccccn1. The van der Waals surface area contributed by atoms with E-state index in [-0.39, 0.29) is 12.1 Å². The molecule has 2 fully saturated rings. The molecule has 2 atom stereocenters. The molecule has 31 heavy (non-hydrogen) atoms. The molecule has 6 heteroatoms. The highest BCUT2D eigenvalue weighted by atomic mass is 32.1. The molecule has 1 saturated heterocycles. The van der Waals surface area contributed by atoms with E-state index in [4.69, 9.17) is 17.2 Å². The van der Waals surface area contributed by atoms with Crippen molar-refractivity contribution < 1.29 is 0 Å². The molecule has 0 aromatic carbocycles. The Morgan fingerprint density at radius 3 is 2.39 bits per heavy atom. The standard InChI is InChI=1S/C25H29N5S/c1-17-16-20(18(2)29(17)22-13-7-9-15-27-22)24-23(21-12-6-8-14-26-21)28-25(31)30(24)19-10-4-3-5-11-19/h6-9,12-16,19,23-24H,3-5,10-11H2,1-2H3,(H,28,31)/t23-,24-/m1/s1. The van der Waals surface area contributed by atoms with Crippen LogP contribution in [0.25, 0.3) is 5.82 Å². The van der Waals surface area contributed by atoms with Gasteiger partial charge in [0.2, 0.25) is 0 Å². The average molecular weight is 432 g/mol. The zero-order valence-corrected chi connectivity index (χ0v) is 19.0. The molecule has 1 aliphatic carbocycles. The molecule has 0 amide bonds. The Morgan fingerprint density at radius 2 is 1.71 bits per heavy atom. The Hall–Kier alpha value is -2.73. The maximum atomic E-state index is 5.92. The van der Waals surface area contributed by atoms with Gasteiger partial charge in [-0.25, -0.2) is 4.98 Å². The molecule has 3 aromatic heterocycles. The van der Waals surface area contributed by atoms with Crippen molar-refractivity contribution in [3.05, 3.63) is 77.5 Å². The number of aromatic nitrogens is 3. The Morgan fingerprint density at radius 1 is 0.968 bits per heavy atom. The van der Waals surface area contributed by atoms with Crippen molar-refractivity contribution in [2.45, 2.75) is 64.1 Å². The van der Waals surface area contributed by atoms with Crippen molar-refractivity contribution in [3.63, 3.8) is 0 Å². The summed E-state index contributed by atoms with van der Waals surface area (Å²) in [6, 6.07) is 15.1. The van der Waals surface area contributed by atoms with Gasteiger partial charge in [0.05, 0.1) is 17.8 Å². The third-order valence-corrected chi connectivity index (χ3v) is 7.10. The monoisotopic (exact) mass is 431 g/mol. The van der Waals surface area contributed by atoms with Gasteiger partial charge in [-0.15, -0.1) is 0 Å². The van der Waals surface area contributed by atoms with Gasteiger partial charge >= 0.3 is 0 Å². The number of aryl methyl sites for hydroxylation is 1. The fraction of sp³-hybridized carbons (Fsp3) is 0.400. The van der Waals surface area contributed by atoms with Crippen LogP contribution < -0.4 is 5.32 Å². The fourth-order valence-electron chi connectivity index (χ4n) is 5.38. The lowest BCUT2D eigenvalue weighted by Crippen LogP contribution is -2.40. The molecule has 1 aliphatic heterocycles. The first kappa shape index (κ1) is 20.2. The molecule has 5 nitrogen and oxygen atoms in total. The highest BCUT2D eigenvalue weighted by Gasteiger charge is 2.44. The van der Waals surface area contributed by atoms with Crippen molar-refractivity contribution >= 4 is 17.3 Å². The number of hydrogen-bond acceptors (Lipinski definition) is 3. The molecule has 0 unspecified atom stereocenters. The molecule has 2 aliphatic rings. The van der Waals surface area contributed by atoms with E-state index >= 15 is 0 Å². The van der Waals surface area contributed by atoms with Gasteiger partial charge in [0.1, 0.15) is 5.82 Å². The van der Waals surface area contributed by atoms with Crippen LogP contribution in [-0.4, -0.2) is 30.6 Å². The lowest BCUT2D eigenvalue weighted by molar-refractivity contribution is 0.197. The molecule has 0 radical (unpaired) electrons. The first-order valence-electron chi connectivity index (χ1n) is 11.2. The third kappa shape index (κ3) is 3.63. The van der Waals surface area contributed by atoms with Gasteiger partial charge in [0, 0.05) is 29.8 Å². The summed E-state index contributed by atoms with van der Waals surface area (Å²) in [6.07, 6.45) is 10.0. The van der Waals surface area contributed by atoms with E-state index in [1.54, 1.807) is 0 Å². The summed E-state index contributed by atoms with van der Waals surface area (Å²) in [6.45, 7) is 4.36. The molecule has 160 valence electrons. The van der Waals surface area contributed by atoms with Crippen LogP contribution in [0.3, 0.4) is 0 Å². The van der Waals surface area contributed by atoms with E-state index in [2.05, 4.69) is 57.9 Å². The van der Waals surface area contributed by atoms with Gasteiger partial charge in [0.15, 0.2) is 5.11 Å². The number of thiocarbonyl (C=S) groups is 1. The van der Waals surface area contributed by atoms with E-state index < -0.39 is 0 Å². The second-order valence-corrected chi connectivity index (χ2v) is 9.06. The minimum absolute atomic E-state index is 0.0355. The number of nitrogens with zero attached hydrogens (tertiary/aromatic N) is 4. The number of nitrogens with one attached hydrogen (secondary N) is 1. The van der Waals surface area contributed by atoms with E-state index in [1.165, 1.54) is 49.1 Å². The van der Waals surface area contributed by atoms with Gasteiger partial charge in [0.25, 0.3) is 0 Å². The quantitative estimate of drug-likeness (QED) is 0.576. The van der Waals surface area contributed by atoms with Crippen LogP contribution in [-0.2, 0) is 0 Å². The summed E-state index contributed by atoms with van der Waals surface area (Å²) in [5, 5.41) is 4.49. The van der Waals surface area contributed by atoms with Crippen molar-refractivity contribution in [1.29, 1.82) is 0 Å². The summed E-state index contributed by atoms with van der Waals surface area (Å²) in [5.41, 5.74) is 4.74. The van der Waals surface area contributed by atoms with Crippen molar-refractivity contribution in [1.82, 2.24) is 24.8 Å². The van der Waals surface area contributed by atoms with Crippen LogP contribution in [0.15, 0.2) is 54.9 Å².